The van der Waals surface area contributed by atoms with Crippen LogP contribution in [-0.4, -0.2) is 22.0 Å². The Morgan fingerprint density at radius 3 is 2.32 bits per heavy atom. The highest BCUT2D eigenvalue weighted by Gasteiger charge is 2.69. The Hall–Kier alpha value is -1.32. The Labute approximate surface area is 206 Å². The zero-order valence-electron chi connectivity index (χ0n) is 22.6. The Bertz CT molecular complexity index is 951. The van der Waals surface area contributed by atoms with Crippen LogP contribution in [0.2, 0.25) is 0 Å². The second-order valence-corrected chi connectivity index (χ2v) is 14.6. The molecule has 190 valence electrons. The van der Waals surface area contributed by atoms with Gasteiger partial charge in [0.2, 0.25) is 0 Å². The van der Waals surface area contributed by atoms with Crippen molar-refractivity contribution in [2.75, 3.05) is 0 Å². The summed E-state index contributed by atoms with van der Waals surface area (Å²) in [5, 5.41) is 24.1. The molecule has 2 N–H and O–H groups in total. The molecule has 0 amide bonds. The van der Waals surface area contributed by atoms with Crippen molar-refractivity contribution in [3.05, 3.63) is 11.6 Å². The summed E-state index contributed by atoms with van der Waals surface area (Å²) < 4.78 is 0. The van der Waals surface area contributed by atoms with Crippen LogP contribution in [0.15, 0.2) is 16.8 Å². The third-order valence-electron chi connectivity index (χ3n) is 13.0. The number of rotatable bonds is 1. The summed E-state index contributed by atoms with van der Waals surface area (Å²) in [6.45, 7) is 17.0. The molecule has 9 atom stereocenters. The molecular formula is C30H47NO3. The molecule has 0 aromatic heterocycles. The van der Waals surface area contributed by atoms with E-state index in [1.54, 1.807) is 0 Å². The predicted octanol–water partition coefficient (Wildman–Crippen LogP) is 7.56. The van der Waals surface area contributed by atoms with Crippen LogP contribution in [0.25, 0.3) is 0 Å². The van der Waals surface area contributed by atoms with Crippen LogP contribution in [-0.2, 0) is 4.79 Å². The average molecular weight is 470 g/mol. The number of fused-ring (bicyclic) bond motifs is 7. The number of carboxylic acids is 1. The van der Waals surface area contributed by atoms with Crippen molar-refractivity contribution in [2.45, 2.75) is 106 Å². The van der Waals surface area contributed by atoms with E-state index >= 15 is 0 Å². The number of oxime groups is 1. The van der Waals surface area contributed by atoms with E-state index < -0.39 is 11.4 Å². The van der Waals surface area contributed by atoms with E-state index in [0.29, 0.717) is 23.7 Å². The minimum absolute atomic E-state index is 0.0386. The van der Waals surface area contributed by atoms with Gasteiger partial charge in [-0.3, -0.25) is 4.79 Å². The van der Waals surface area contributed by atoms with Crippen molar-refractivity contribution in [1.29, 1.82) is 0 Å². The van der Waals surface area contributed by atoms with E-state index in [1.807, 2.05) is 0 Å². The number of hydrogen-bond acceptors (Lipinski definition) is 3. The van der Waals surface area contributed by atoms with Gasteiger partial charge in [0.1, 0.15) is 0 Å². The van der Waals surface area contributed by atoms with Gasteiger partial charge in [0.25, 0.3) is 0 Å². The summed E-state index contributed by atoms with van der Waals surface area (Å²) in [5.74, 6) is 1.73. The van der Waals surface area contributed by atoms with Gasteiger partial charge in [-0.1, -0.05) is 65.3 Å². The number of nitrogens with zero attached hydrogens (tertiary/aromatic N) is 1. The van der Waals surface area contributed by atoms with Gasteiger partial charge in [-0.05, 0) is 109 Å². The maximum atomic E-state index is 12.8. The van der Waals surface area contributed by atoms with Crippen LogP contribution < -0.4 is 0 Å². The molecule has 5 aliphatic carbocycles. The third kappa shape index (κ3) is 2.83. The zero-order valence-corrected chi connectivity index (χ0v) is 22.6. The maximum Gasteiger partial charge on any atom is 0.310 e. The van der Waals surface area contributed by atoms with Crippen molar-refractivity contribution in [2.24, 2.45) is 61.8 Å². The molecule has 0 saturated heterocycles. The maximum absolute atomic E-state index is 12.8. The topological polar surface area (TPSA) is 69.9 Å². The Morgan fingerprint density at radius 1 is 0.971 bits per heavy atom. The number of aliphatic carboxylic acids is 1. The van der Waals surface area contributed by atoms with Gasteiger partial charge in [-0.15, -0.1) is 0 Å². The van der Waals surface area contributed by atoms with Crippen molar-refractivity contribution in [3.63, 3.8) is 0 Å². The minimum atomic E-state index is -0.578. The molecule has 0 radical (unpaired) electrons. The normalized spacial score (nSPS) is 53.1. The molecule has 0 aromatic carbocycles. The summed E-state index contributed by atoms with van der Waals surface area (Å²) in [4.78, 5) is 12.8. The first-order valence-electron chi connectivity index (χ1n) is 13.9. The molecular weight excluding hydrogens is 422 g/mol. The highest BCUT2D eigenvalue weighted by atomic mass is 16.4. The van der Waals surface area contributed by atoms with E-state index in [4.69, 9.17) is 0 Å². The molecule has 5 aliphatic rings. The van der Waals surface area contributed by atoms with E-state index in [0.717, 1.165) is 50.7 Å². The summed E-state index contributed by atoms with van der Waals surface area (Å²) >= 11 is 0. The first kappa shape index (κ1) is 24.4. The highest BCUT2D eigenvalue weighted by Crippen LogP contribution is 2.75. The molecule has 0 bridgehead atoms. The van der Waals surface area contributed by atoms with Gasteiger partial charge in [0, 0.05) is 0 Å². The summed E-state index contributed by atoms with van der Waals surface area (Å²) in [6.07, 6.45) is 11.5. The molecule has 0 aromatic rings. The Kier molecular flexibility index (Phi) is 5.27. The Balaban J connectivity index is 1.63. The molecule has 5 rings (SSSR count). The van der Waals surface area contributed by atoms with Gasteiger partial charge in [-0.2, -0.15) is 0 Å². The Morgan fingerprint density at radius 2 is 1.68 bits per heavy atom. The van der Waals surface area contributed by atoms with Crippen LogP contribution in [0.5, 0.6) is 0 Å². The molecule has 3 unspecified atom stereocenters. The molecule has 4 nitrogen and oxygen atoms in total. The van der Waals surface area contributed by atoms with E-state index in [9.17, 15) is 15.1 Å². The van der Waals surface area contributed by atoms with Crippen molar-refractivity contribution in [1.82, 2.24) is 0 Å². The lowest BCUT2D eigenvalue weighted by Gasteiger charge is -2.71. The number of allylic oxidation sites excluding steroid dienone is 2. The quantitative estimate of drug-likeness (QED) is 0.236. The molecule has 0 spiro atoms. The van der Waals surface area contributed by atoms with Crippen LogP contribution in [0.4, 0.5) is 0 Å². The van der Waals surface area contributed by atoms with Crippen LogP contribution in [0.3, 0.4) is 0 Å². The van der Waals surface area contributed by atoms with Gasteiger partial charge in [-0.25, -0.2) is 0 Å². The third-order valence-corrected chi connectivity index (χ3v) is 13.0. The number of carboxylic acid groups (broad SMARTS) is 1. The fraction of sp³-hybridized carbons (Fsp3) is 0.867. The summed E-state index contributed by atoms with van der Waals surface area (Å²) in [5.41, 5.74) is 2.31. The molecule has 4 heteroatoms. The standard InChI is InChI=1S/C30H47NO3/c1-18-10-13-30(25(32)33)15-14-28(6)21(24(30)19(18)2)8-9-23-27(5)17-20(31-34)16-26(3,4)22(27)11-12-29(23,28)7/h8,18-19,22-24,34H,9-17H2,1-7H3,(H,32,33)/b31-20-/t18-,19+,22?,23?,24?,27+,28-,29-,30+/m1/s1. The molecule has 4 fully saturated rings. The molecule has 0 heterocycles. The second-order valence-electron chi connectivity index (χ2n) is 14.6. The van der Waals surface area contributed by atoms with Crippen molar-refractivity contribution >= 4 is 11.7 Å². The number of hydrogen-bond donors (Lipinski definition) is 2. The van der Waals surface area contributed by atoms with Crippen LogP contribution >= 0.6 is 0 Å². The van der Waals surface area contributed by atoms with Crippen LogP contribution in [0.1, 0.15) is 106 Å². The second kappa shape index (κ2) is 7.35. The zero-order chi connectivity index (χ0) is 24.9. The average Bonchev–Trinajstić information content (AvgIpc) is 2.75. The molecule has 4 saturated carbocycles. The van der Waals surface area contributed by atoms with Crippen LogP contribution in [0, 0.1) is 56.7 Å². The lowest BCUT2D eigenvalue weighted by Crippen LogP contribution is -2.64. The first-order valence-corrected chi connectivity index (χ1v) is 13.9. The van der Waals surface area contributed by atoms with Gasteiger partial charge in [0.05, 0.1) is 11.1 Å². The smallest absolute Gasteiger partial charge is 0.310 e. The van der Waals surface area contributed by atoms with Crippen molar-refractivity contribution in [3.8, 4) is 0 Å². The van der Waals surface area contributed by atoms with Gasteiger partial charge >= 0.3 is 5.97 Å². The fourth-order valence-corrected chi connectivity index (χ4v) is 11.0. The minimum Gasteiger partial charge on any atom is -0.481 e. The van der Waals surface area contributed by atoms with Gasteiger partial charge in [0.15, 0.2) is 0 Å². The summed E-state index contributed by atoms with van der Waals surface area (Å²) in [6, 6.07) is 0. The van der Waals surface area contributed by atoms with E-state index in [1.165, 1.54) is 18.4 Å². The van der Waals surface area contributed by atoms with Crippen molar-refractivity contribution < 1.29 is 15.1 Å². The number of carbonyl (C=O) groups is 1. The summed E-state index contributed by atoms with van der Waals surface area (Å²) in [7, 11) is 0. The SMILES string of the molecule is C[C@@H]1CC[C@]2(C(=O)O)CC[C@]3(C)C(=CCC4[C@@]5(C)C/C(=N\O)CC(C)(C)C5CC[C@]43C)C2[C@H]1C. The van der Waals surface area contributed by atoms with Gasteiger partial charge < -0.3 is 10.3 Å². The van der Waals surface area contributed by atoms with E-state index in [2.05, 4.69) is 59.7 Å². The molecule has 0 aliphatic heterocycles. The lowest BCUT2D eigenvalue weighted by molar-refractivity contribution is -0.182. The fourth-order valence-electron chi connectivity index (χ4n) is 11.0. The molecule has 34 heavy (non-hydrogen) atoms. The first-order chi connectivity index (χ1) is 15.8. The highest BCUT2D eigenvalue weighted by molar-refractivity contribution is 5.86. The van der Waals surface area contributed by atoms with E-state index in [-0.39, 0.29) is 27.6 Å². The lowest BCUT2D eigenvalue weighted by atomic mass is 9.33. The monoisotopic (exact) mass is 469 g/mol. The largest absolute Gasteiger partial charge is 0.481 e. The predicted molar refractivity (Wildman–Crippen MR) is 136 cm³/mol.